The van der Waals surface area contributed by atoms with E-state index in [9.17, 15) is 25.5 Å². The average Bonchev–Trinajstić information content (AvgIpc) is 3.31. The van der Waals surface area contributed by atoms with E-state index in [1.165, 1.54) is 6.26 Å². The van der Waals surface area contributed by atoms with Crippen LogP contribution in [0, 0.1) is 11.8 Å². The van der Waals surface area contributed by atoms with Crippen molar-refractivity contribution in [3.63, 3.8) is 0 Å². The van der Waals surface area contributed by atoms with Crippen molar-refractivity contribution < 1.29 is 49.2 Å². The van der Waals surface area contributed by atoms with Crippen LogP contribution in [-0.2, 0) is 23.7 Å². The van der Waals surface area contributed by atoms with Gasteiger partial charge < -0.3 is 49.2 Å². The van der Waals surface area contributed by atoms with Crippen LogP contribution in [0.5, 0.6) is 0 Å². The highest BCUT2D eigenvalue weighted by molar-refractivity contribution is 5.25. The summed E-state index contributed by atoms with van der Waals surface area (Å²) < 4.78 is 27.9. The Morgan fingerprint density at radius 1 is 1.08 bits per heavy atom. The topological polar surface area (TPSA) is 151 Å². The first-order valence-electron chi connectivity index (χ1n) is 8.58. The molecule has 0 radical (unpaired) electrons. The Hall–Kier alpha value is -0.820. The number of ether oxygens (including phenoxy) is 5. The van der Waals surface area contributed by atoms with E-state index in [0.717, 1.165) is 0 Å². The molecule has 0 aromatic carbocycles. The molecule has 3 heterocycles. The quantitative estimate of drug-likeness (QED) is 0.315. The predicted molar refractivity (Wildman–Crippen MR) is 81.3 cm³/mol. The molecule has 4 aliphatic rings. The summed E-state index contributed by atoms with van der Waals surface area (Å²) in [7, 11) is 1.56. The van der Waals surface area contributed by atoms with Crippen LogP contribution >= 0.6 is 0 Å². The van der Waals surface area contributed by atoms with Crippen LogP contribution in [0.15, 0.2) is 12.3 Å². The lowest BCUT2D eigenvalue weighted by Gasteiger charge is -2.43. The van der Waals surface area contributed by atoms with E-state index in [4.69, 9.17) is 23.7 Å². The van der Waals surface area contributed by atoms with Crippen molar-refractivity contribution in [1.29, 1.82) is 0 Å². The minimum absolute atomic E-state index is 0.130. The molecule has 0 aromatic rings. The lowest BCUT2D eigenvalue weighted by molar-refractivity contribution is -0.344. The van der Waals surface area contributed by atoms with Gasteiger partial charge in [0.25, 0.3) is 0 Å². The van der Waals surface area contributed by atoms with Gasteiger partial charge in [0, 0.05) is 13.0 Å². The summed E-state index contributed by atoms with van der Waals surface area (Å²) in [4.78, 5) is 0. The van der Waals surface area contributed by atoms with Crippen LogP contribution in [0.25, 0.3) is 0 Å². The first kappa shape index (κ1) is 18.5. The lowest BCUT2D eigenvalue weighted by Crippen LogP contribution is -2.60. The zero-order chi connectivity index (χ0) is 18.6. The van der Waals surface area contributed by atoms with Crippen LogP contribution in [0.3, 0.4) is 0 Å². The number of aliphatic hydroxyl groups is 5. The van der Waals surface area contributed by atoms with Gasteiger partial charge in [0.05, 0.1) is 31.5 Å². The number of methoxy groups -OCH3 is 1. The molecular formula is C16H24O10. The van der Waals surface area contributed by atoms with Crippen molar-refractivity contribution in [3.05, 3.63) is 12.3 Å². The largest absolute Gasteiger partial charge is 0.472 e. The maximum absolute atomic E-state index is 10.2. The van der Waals surface area contributed by atoms with Crippen LogP contribution in [-0.4, -0.2) is 101 Å². The third-order valence-corrected chi connectivity index (χ3v) is 5.87. The van der Waals surface area contributed by atoms with Crippen molar-refractivity contribution in [2.24, 2.45) is 11.8 Å². The summed E-state index contributed by atoms with van der Waals surface area (Å²) in [5.41, 5.74) is -0.866. The molecule has 1 aliphatic carbocycles. The number of epoxide rings is 1. The molecule has 3 aliphatic heterocycles. The second-order valence-electron chi connectivity index (χ2n) is 7.12. The Morgan fingerprint density at radius 3 is 2.50 bits per heavy atom. The number of hydrogen-bond acceptors (Lipinski definition) is 10. The maximum Gasteiger partial charge on any atom is 0.208 e. The van der Waals surface area contributed by atoms with Crippen molar-refractivity contribution in [3.8, 4) is 0 Å². The molecule has 26 heavy (non-hydrogen) atoms. The summed E-state index contributed by atoms with van der Waals surface area (Å²) in [5.74, 6) is -0.547. The Morgan fingerprint density at radius 2 is 1.85 bits per heavy atom. The summed E-state index contributed by atoms with van der Waals surface area (Å²) in [6.45, 7) is -0.801. The smallest absolute Gasteiger partial charge is 0.208 e. The molecule has 0 spiro atoms. The summed E-state index contributed by atoms with van der Waals surface area (Å²) in [6.07, 6.45) is -5.21. The predicted octanol–water partition coefficient (Wildman–Crippen LogP) is -2.94. The van der Waals surface area contributed by atoms with Crippen molar-refractivity contribution >= 4 is 0 Å². The Balaban J connectivity index is 1.54. The van der Waals surface area contributed by atoms with Gasteiger partial charge in [-0.1, -0.05) is 0 Å². The number of rotatable bonds is 5. The molecule has 148 valence electrons. The van der Waals surface area contributed by atoms with Gasteiger partial charge in [0.15, 0.2) is 6.29 Å². The molecular weight excluding hydrogens is 352 g/mol. The van der Waals surface area contributed by atoms with E-state index in [-0.39, 0.29) is 24.7 Å². The zero-order valence-electron chi connectivity index (χ0n) is 14.1. The zero-order valence-corrected chi connectivity index (χ0v) is 14.1. The van der Waals surface area contributed by atoms with E-state index in [0.29, 0.717) is 0 Å². The van der Waals surface area contributed by atoms with Gasteiger partial charge in [-0.25, -0.2) is 0 Å². The summed E-state index contributed by atoms with van der Waals surface area (Å²) in [6, 6.07) is 0. The van der Waals surface area contributed by atoms with Crippen LogP contribution in [0.2, 0.25) is 0 Å². The molecule has 5 N–H and O–H groups in total. The highest BCUT2D eigenvalue weighted by atomic mass is 16.8. The Bertz CT molecular complexity index is 555. The Kier molecular flexibility index (Phi) is 4.75. The van der Waals surface area contributed by atoms with Gasteiger partial charge in [-0.05, 0) is 6.08 Å². The third kappa shape index (κ3) is 2.53. The molecule has 10 nitrogen and oxygen atoms in total. The second-order valence-corrected chi connectivity index (χ2v) is 7.12. The van der Waals surface area contributed by atoms with Crippen molar-refractivity contribution in [2.75, 3.05) is 20.3 Å². The molecule has 4 rings (SSSR count). The number of hydrogen-bond donors (Lipinski definition) is 5. The van der Waals surface area contributed by atoms with Gasteiger partial charge in [-0.15, -0.1) is 0 Å². The fraction of sp³-hybridized carbons (Fsp3) is 0.875. The van der Waals surface area contributed by atoms with Gasteiger partial charge in [0.1, 0.15) is 36.1 Å². The molecule has 0 aromatic heterocycles. The maximum atomic E-state index is 10.2. The molecule has 0 amide bonds. The standard InChI is InChI=1S/C16H24O10/c1-22-12-6-2-3-23-14(8(6)16(5-18)13(12)26-16)25-15-11(21)10(20)9(19)7(4-17)24-15/h2-3,6-15,17-21H,4-5H2,1H3/t6-,7-,8-,9-,10+,11-,12+,13-,14?,15+,16-/m1/s1. The van der Waals surface area contributed by atoms with E-state index in [1.807, 2.05) is 6.08 Å². The van der Waals surface area contributed by atoms with Crippen LogP contribution in [0.4, 0.5) is 0 Å². The van der Waals surface area contributed by atoms with Gasteiger partial charge in [-0.2, -0.15) is 0 Å². The van der Waals surface area contributed by atoms with Gasteiger partial charge in [-0.3, -0.25) is 0 Å². The fourth-order valence-corrected chi connectivity index (χ4v) is 4.43. The summed E-state index contributed by atoms with van der Waals surface area (Å²) in [5, 5.41) is 49.1. The molecule has 1 unspecified atom stereocenters. The van der Waals surface area contributed by atoms with E-state index in [2.05, 4.69) is 0 Å². The normalized spacial score (nSPS) is 55.2. The molecule has 1 saturated carbocycles. The Labute approximate surface area is 149 Å². The van der Waals surface area contributed by atoms with E-state index in [1.54, 1.807) is 7.11 Å². The van der Waals surface area contributed by atoms with Gasteiger partial charge in [0.2, 0.25) is 6.29 Å². The van der Waals surface area contributed by atoms with Crippen molar-refractivity contribution in [1.82, 2.24) is 0 Å². The first-order valence-corrected chi connectivity index (χ1v) is 8.58. The molecule has 11 atom stereocenters. The second kappa shape index (κ2) is 6.66. The number of fused-ring (bicyclic) bond motifs is 3. The van der Waals surface area contributed by atoms with E-state index < -0.39 is 55.1 Å². The fourth-order valence-electron chi connectivity index (χ4n) is 4.43. The van der Waals surface area contributed by atoms with E-state index >= 15 is 0 Å². The monoisotopic (exact) mass is 376 g/mol. The van der Waals surface area contributed by atoms with Crippen LogP contribution < -0.4 is 0 Å². The van der Waals surface area contributed by atoms with Gasteiger partial charge >= 0.3 is 0 Å². The minimum atomic E-state index is -1.55. The minimum Gasteiger partial charge on any atom is -0.472 e. The summed E-state index contributed by atoms with van der Waals surface area (Å²) >= 11 is 0. The average molecular weight is 376 g/mol. The highest BCUT2D eigenvalue weighted by Crippen LogP contribution is 2.60. The third-order valence-electron chi connectivity index (χ3n) is 5.87. The number of aliphatic hydroxyl groups excluding tert-OH is 5. The first-order chi connectivity index (χ1) is 12.5. The molecule has 10 heteroatoms. The SMILES string of the molecule is CO[C@H]1[C@@H]2C=COC(O[C@@H]3O[C@H](CO)[C@@H](O)[C@H](O)[C@H]3O)[C@@H]2[C@@]2(CO)O[C@H]12. The highest BCUT2D eigenvalue weighted by Gasteiger charge is 2.76. The molecule has 2 saturated heterocycles. The lowest BCUT2D eigenvalue weighted by atomic mass is 9.85. The molecule has 3 fully saturated rings. The van der Waals surface area contributed by atoms with Crippen molar-refractivity contribution in [2.45, 2.75) is 54.8 Å². The molecule has 0 bridgehead atoms. The van der Waals surface area contributed by atoms with Crippen LogP contribution in [0.1, 0.15) is 0 Å².